The quantitative estimate of drug-likeness (QED) is 0.0302. The lowest BCUT2D eigenvalue weighted by atomic mass is 9.79. The van der Waals surface area contributed by atoms with Gasteiger partial charge in [0.05, 0.1) is 70.5 Å². The van der Waals surface area contributed by atoms with Crippen LogP contribution in [-0.2, 0) is 32.1 Å². The van der Waals surface area contributed by atoms with Gasteiger partial charge in [-0.05, 0) is 54.4 Å². The second-order valence-electron chi connectivity index (χ2n) is 13.2. The Kier molecular flexibility index (Phi) is 17.7. The highest BCUT2D eigenvalue weighted by Gasteiger charge is 2.21. The fourth-order valence-corrected chi connectivity index (χ4v) is 5.97. The number of non-ortho nitro benzene ring substituents is 1. The van der Waals surface area contributed by atoms with Crippen LogP contribution in [0.4, 0.5) is 11.4 Å². The molecule has 0 fully saturated rings. The van der Waals surface area contributed by atoms with E-state index in [0.29, 0.717) is 74.5 Å². The maximum Gasteiger partial charge on any atom is 0.488 e. The number of amides is 1. The fraction of sp³-hybridized carbons (Fsp3) is 0.310. The van der Waals surface area contributed by atoms with E-state index in [0.717, 1.165) is 36.5 Å². The number of nitro benzene ring substituents is 1. The number of hydrogen-bond acceptors (Lipinski definition) is 15. The summed E-state index contributed by atoms with van der Waals surface area (Å²) < 4.78 is 29.9. The molecule has 19 heteroatoms. The molecule has 4 aromatic rings. The van der Waals surface area contributed by atoms with Crippen molar-refractivity contribution >= 4 is 41.5 Å². The average molecular weight is 833 g/mol. The van der Waals surface area contributed by atoms with Crippen LogP contribution in [0.1, 0.15) is 34.1 Å². The topological polar surface area (TPSA) is 240 Å². The van der Waals surface area contributed by atoms with Gasteiger partial charge in [-0.3, -0.25) is 19.6 Å². The summed E-state index contributed by atoms with van der Waals surface area (Å²) in [5.41, 5.74) is 3.34. The van der Waals surface area contributed by atoms with E-state index in [1.165, 1.54) is 6.07 Å². The van der Waals surface area contributed by atoms with Crippen LogP contribution in [-0.4, -0.2) is 109 Å². The van der Waals surface area contributed by atoms with Crippen molar-refractivity contribution in [3.05, 3.63) is 129 Å². The van der Waals surface area contributed by atoms with Crippen molar-refractivity contribution in [2.24, 2.45) is 0 Å². The molecule has 316 valence electrons. The molecule has 1 amide bonds. The Balaban J connectivity index is 0.910. The number of ether oxygens (including phenoxy) is 5. The van der Waals surface area contributed by atoms with E-state index in [1.54, 1.807) is 10.8 Å². The van der Waals surface area contributed by atoms with Crippen molar-refractivity contribution in [3.8, 4) is 17.9 Å². The van der Waals surface area contributed by atoms with Gasteiger partial charge in [0, 0.05) is 54.2 Å². The Morgan fingerprint density at radius 1 is 0.967 bits per heavy atom. The molecule has 1 aromatic heterocycles. The first-order valence-corrected chi connectivity index (χ1v) is 19.4. The molecule has 18 nitrogen and oxygen atoms in total. The summed E-state index contributed by atoms with van der Waals surface area (Å²) in [6.45, 7) is 6.92. The van der Waals surface area contributed by atoms with E-state index in [9.17, 15) is 35.5 Å². The van der Waals surface area contributed by atoms with Gasteiger partial charge in [0.1, 0.15) is 34.9 Å². The van der Waals surface area contributed by atoms with Gasteiger partial charge in [-0.1, -0.05) is 41.6 Å². The highest BCUT2D eigenvalue weighted by atomic mass is 16.6. The maximum atomic E-state index is 12.3. The smallest absolute Gasteiger partial charge is 0.457 e. The van der Waals surface area contributed by atoms with Gasteiger partial charge in [-0.25, -0.2) is 0 Å². The number of carbonyl (C=O) groups is 1. The van der Waals surface area contributed by atoms with Crippen molar-refractivity contribution in [1.82, 2.24) is 20.3 Å². The molecule has 0 bridgehead atoms. The van der Waals surface area contributed by atoms with Crippen molar-refractivity contribution in [3.63, 3.8) is 0 Å². The molecule has 0 aliphatic carbocycles. The summed E-state index contributed by atoms with van der Waals surface area (Å²) in [5.74, 6) is 0.505. The van der Waals surface area contributed by atoms with Crippen LogP contribution in [0.5, 0.6) is 5.75 Å². The molecule has 3 aromatic carbocycles. The second-order valence-corrected chi connectivity index (χ2v) is 13.2. The Hall–Kier alpha value is -6.71. The van der Waals surface area contributed by atoms with Crippen LogP contribution < -0.4 is 20.4 Å². The Morgan fingerprint density at radius 3 is 2.33 bits per heavy atom. The number of nitro groups is 1. The molecule has 2 heterocycles. The molecule has 0 saturated heterocycles. The lowest BCUT2D eigenvalue weighted by Crippen LogP contribution is -2.33. The van der Waals surface area contributed by atoms with Crippen molar-refractivity contribution < 1.29 is 43.5 Å². The number of aromatic nitrogens is 3. The second kappa shape index (κ2) is 23.8. The highest BCUT2D eigenvalue weighted by Crippen LogP contribution is 2.35. The van der Waals surface area contributed by atoms with Gasteiger partial charge in [0.2, 0.25) is 0 Å². The molecule has 5 rings (SSSR count). The fourth-order valence-electron chi connectivity index (χ4n) is 5.97. The molecule has 0 atom stereocenters. The Labute approximate surface area is 352 Å². The van der Waals surface area contributed by atoms with E-state index in [4.69, 9.17) is 23.7 Å². The van der Waals surface area contributed by atoms with Gasteiger partial charge < -0.3 is 43.9 Å². The minimum Gasteiger partial charge on any atom is -0.457 e. The summed E-state index contributed by atoms with van der Waals surface area (Å²) in [7, 11) is -1.95. The number of rotatable bonds is 24. The largest absolute Gasteiger partial charge is 0.488 e. The van der Waals surface area contributed by atoms with E-state index in [1.807, 2.05) is 66.9 Å². The first-order valence-electron chi connectivity index (χ1n) is 19.4. The van der Waals surface area contributed by atoms with Crippen molar-refractivity contribution in [2.45, 2.75) is 20.1 Å². The van der Waals surface area contributed by atoms with Gasteiger partial charge in [-0.15, -0.1) is 5.10 Å². The minimum atomic E-state index is -1.95. The monoisotopic (exact) mass is 832 g/mol. The van der Waals surface area contributed by atoms with Crippen LogP contribution in [0, 0.1) is 32.8 Å². The summed E-state index contributed by atoms with van der Waals surface area (Å²) >= 11 is 0. The number of fused-ring (bicyclic) bond motifs is 1. The van der Waals surface area contributed by atoms with Crippen molar-refractivity contribution in [2.75, 3.05) is 70.8 Å². The van der Waals surface area contributed by atoms with Gasteiger partial charge in [0.25, 0.3) is 11.6 Å². The molecular formula is C42H45BN8O10. The predicted molar refractivity (Wildman–Crippen MR) is 224 cm³/mol. The standard InChI is InChI=1S/C42H45BN8O10/c1-2-49(36-10-7-31(8-11-36)9-12-38-26-40(33(27-44)28-45)39-5-3-4-6-41(39)61-38)14-15-50-29-35(47-48-50)30-60-22-21-59-20-19-58-18-17-57-16-13-46-42(52)32-23-34(43(53)54)25-37(24-32)51(55)56/h3-12,23-26,29,53-54H,2,13-22,30H2,1H3,(H,46,52)/b12-9+. The van der Waals surface area contributed by atoms with E-state index in [-0.39, 0.29) is 36.4 Å². The molecule has 0 unspecified atom stereocenters. The van der Waals surface area contributed by atoms with E-state index in [2.05, 4.69) is 39.6 Å². The number of carbonyl (C=O) groups excluding carboxylic acids is 1. The van der Waals surface area contributed by atoms with Crippen molar-refractivity contribution in [1.29, 1.82) is 10.5 Å². The number of allylic oxidation sites excluding steroid dienone is 4. The molecule has 0 spiro atoms. The zero-order valence-electron chi connectivity index (χ0n) is 33.5. The molecule has 0 radical (unpaired) electrons. The number of likely N-dealkylation sites (N-methyl/N-ethyl adjacent to an activating group) is 1. The Morgan fingerprint density at radius 2 is 1.66 bits per heavy atom. The molecule has 3 N–H and O–H groups in total. The zero-order chi connectivity index (χ0) is 43.4. The highest BCUT2D eigenvalue weighted by molar-refractivity contribution is 6.58. The lowest BCUT2D eigenvalue weighted by Gasteiger charge is -2.23. The summed E-state index contributed by atoms with van der Waals surface area (Å²) in [5, 5.41) is 59.7. The maximum absolute atomic E-state index is 12.3. The van der Waals surface area contributed by atoms with E-state index >= 15 is 0 Å². The number of anilines is 1. The first-order chi connectivity index (χ1) is 29.7. The number of nitriles is 2. The normalized spacial score (nSPS) is 11.9. The predicted octanol–water partition coefficient (Wildman–Crippen LogP) is 3.18. The van der Waals surface area contributed by atoms with Gasteiger partial charge in [-0.2, -0.15) is 10.5 Å². The molecule has 1 aliphatic heterocycles. The van der Waals surface area contributed by atoms with Crippen LogP contribution in [0.15, 0.2) is 96.4 Å². The van der Waals surface area contributed by atoms with Crippen LogP contribution >= 0.6 is 0 Å². The molecule has 0 saturated carbocycles. The average Bonchev–Trinajstić information content (AvgIpc) is 3.73. The Bertz CT molecular complexity index is 2270. The first kappa shape index (κ1) is 45.4. The minimum absolute atomic E-state index is 0.0285. The zero-order valence-corrected chi connectivity index (χ0v) is 33.5. The van der Waals surface area contributed by atoms with Crippen LogP contribution in [0.25, 0.3) is 11.6 Å². The number of hydrogen-bond donors (Lipinski definition) is 3. The SMILES string of the molecule is CCN(CCn1cc(COCCOCCOCCOCCNC(=O)c2cc(B(O)O)cc([N+](=O)[O-])c2)nn1)c1ccc(/C=C/C2=CC(=C(C#N)C#N)c3ccccc3O2)cc1. The van der Waals surface area contributed by atoms with Gasteiger partial charge in [0.15, 0.2) is 0 Å². The summed E-state index contributed by atoms with van der Waals surface area (Å²) in [6, 6.07) is 22.6. The third kappa shape index (κ3) is 13.9. The van der Waals surface area contributed by atoms with Crippen LogP contribution in [0.3, 0.4) is 0 Å². The van der Waals surface area contributed by atoms with E-state index < -0.39 is 23.6 Å². The summed E-state index contributed by atoms with van der Waals surface area (Å²) in [6.07, 6.45) is 7.32. The number of para-hydroxylation sites is 1. The number of nitrogens with zero attached hydrogens (tertiary/aromatic N) is 7. The number of nitrogens with one attached hydrogen (secondary N) is 1. The molecular weight excluding hydrogens is 787 g/mol. The molecule has 1 aliphatic rings. The third-order valence-electron chi connectivity index (χ3n) is 9.06. The lowest BCUT2D eigenvalue weighted by molar-refractivity contribution is -0.384. The third-order valence-corrected chi connectivity index (χ3v) is 9.06. The summed E-state index contributed by atoms with van der Waals surface area (Å²) in [4.78, 5) is 24.9. The molecule has 61 heavy (non-hydrogen) atoms. The number of benzene rings is 3. The van der Waals surface area contributed by atoms with Crippen LogP contribution in [0.2, 0.25) is 0 Å². The van der Waals surface area contributed by atoms with Gasteiger partial charge >= 0.3 is 7.12 Å².